The lowest BCUT2D eigenvalue weighted by Gasteiger charge is -1.98. The predicted octanol–water partition coefficient (Wildman–Crippen LogP) is -0.798. The van der Waals surface area contributed by atoms with Crippen LogP contribution in [0.5, 0.6) is 0 Å². The molecule has 1 heterocycles. The van der Waals surface area contributed by atoms with Gasteiger partial charge in [-0.25, -0.2) is 0 Å². The smallest absolute Gasteiger partial charge is 0.244 e. The Kier molecular flexibility index (Phi) is 3.49. The van der Waals surface area contributed by atoms with Crippen molar-refractivity contribution < 1.29 is 19.1 Å². The molecule has 5 heteroatoms. The number of carboxylic acids is 1. The van der Waals surface area contributed by atoms with Crippen LogP contribution in [0, 0.1) is 0 Å². The van der Waals surface area contributed by atoms with E-state index in [0.29, 0.717) is 11.8 Å². The molecule has 0 aliphatic heterocycles. The van der Waals surface area contributed by atoms with Gasteiger partial charge in [-0.2, -0.15) is 0 Å². The zero-order chi connectivity index (χ0) is 10.4. The molecular formula is C9H8NO4-. The highest BCUT2D eigenvalue weighted by Crippen LogP contribution is 1.98. The summed E-state index contributed by atoms with van der Waals surface area (Å²) in [7, 11) is 0. The summed E-state index contributed by atoms with van der Waals surface area (Å²) >= 11 is 0. The van der Waals surface area contributed by atoms with E-state index in [1.54, 1.807) is 12.1 Å². The minimum Gasteiger partial charge on any atom is -0.545 e. The van der Waals surface area contributed by atoms with Crippen LogP contribution in [0.1, 0.15) is 5.76 Å². The molecule has 74 valence electrons. The van der Waals surface area contributed by atoms with Gasteiger partial charge < -0.3 is 19.6 Å². The number of carboxylic acid groups (broad SMARTS) is 1. The normalized spacial score (nSPS) is 10.3. The van der Waals surface area contributed by atoms with Crippen LogP contribution in [0.15, 0.2) is 35.0 Å². The Bertz CT molecular complexity index is 340. The van der Waals surface area contributed by atoms with Gasteiger partial charge in [0.25, 0.3) is 0 Å². The maximum Gasteiger partial charge on any atom is 0.244 e. The highest BCUT2D eigenvalue weighted by molar-refractivity contribution is 5.93. The Morgan fingerprint density at radius 2 is 2.29 bits per heavy atom. The lowest BCUT2D eigenvalue weighted by atomic mass is 10.4. The molecule has 0 fully saturated rings. The first-order valence-corrected chi connectivity index (χ1v) is 3.88. The van der Waals surface area contributed by atoms with E-state index in [1.807, 2.05) is 0 Å². The fraction of sp³-hybridized carbons (Fsp3) is 0.111. The minimum absolute atomic E-state index is 0.225. The molecule has 1 amide bonds. The van der Waals surface area contributed by atoms with Crippen LogP contribution in [0.4, 0.5) is 0 Å². The van der Waals surface area contributed by atoms with E-state index in [1.165, 1.54) is 6.26 Å². The zero-order valence-corrected chi connectivity index (χ0v) is 7.23. The highest BCUT2D eigenvalue weighted by atomic mass is 16.4. The molecule has 1 aromatic rings. The lowest BCUT2D eigenvalue weighted by molar-refractivity contribution is -0.297. The van der Waals surface area contributed by atoms with E-state index in [-0.39, 0.29) is 6.54 Å². The molecule has 5 nitrogen and oxygen atoms in total. The molecule has 0 spiro atoms. The molecule has 14 heavy (non-hydrogen) atoms. The number of furan rings is 1. The van der Waals surface area contributed by atoms with Crippen molar-refractivity contribution >= 4 is 11.9 Å². The van der Waals surface area contributed by atoms with Crippen LogP contribution >= 0.6 is 0 Å². The lowest BCUT2D eigenvalue weighted by Crippen LogP contribution is -2.23. The van der Waals surface area contributed by atoms with Gasteiger partial charge in [0.1, 0.15) is 5.76 Å². The van der Waals surface area contributed by atoms with Gasteiger partial charge in [0.05, 0.1) is 18.8 Å². The molecule has 0 aliphatic rings. The third-order valence-electron chi connectivity index (χ3n) is 1.39. The zero-order valence-electron chi connectivity index (χ0n) is 7.23. The molecule has 0 aliphatic carbocycles. The monoisotopic (exact) mass is 194 g/mol. The van der Waals surface area contributed by atoms with Gasteiger partial charge in [0.2, 0.25) is 5.91 Å². The standard InChI is InChI=1S/C9H9NO4/c11-8(3-4-9(12)13)10-6-7-2-1-5-14-7/h1-5H,6H2,(H,10,11)(H,12,13)/p-1/b4-3+. The number of hydrogen-bond donors (Lipinski definition) is 1. The van der Waals surface area contributed by atoms with Crippen molar-refractivity contribution in [2.24, 2.45) is 0 Å². The second kappa shape index (κ2) is 4.86. The topological polar surface area (TPSA) is 82.4 Å². The number of hydrogen-bond acceptors (Lipinski definition) is 4. The first kappa shape index (κ1) is 10.0. The van der Waals surface area contributed by atoms with Crippen LogP contribution < -0.4 is 10.4 Å². The van der Waals surface area contributed by atoms with E-state index in [2.05, 4.69) is 5.32 Å². The quantitative estimate of drug-likeness (QED) is 0.636. The van der Waals surface area contributed by atoms with Gasteiger partial charge >= 0.3 is 0 Å². The summed E-state index contributed by atoms with van der Waals surface area (Å²) in [5, 5.41) is 12.4. The number of amides is 1. The number of nitrogens with one attached hydrogen (secondary N) is 1. The molecule has 0 atom stereocenters. The van der Waals surface area contributed by atoms with E-state index < -0.39 is 11.9 Å². The Morgan fingerprint density at radius 3 is 2.86 bits per heavy atom. The average molecular weight is 194 g/mol. The number of aliphatic carboxylic acids is 1. The summed E-state index contributed by atoms with van der Waals surface area (Å²) < 4.78 is 4.94. The van der Waals surface area contributed by atoms with Crippen LogP contribution in [-0.2, 0) is 16.1 Å². The third-order valence-corrected chi connectivity index (χ3v) is 1.39. The Hall–Kier alpha value is -2.04. The summed E-state index contributed by atoms with van der Waals surface area (Å²) in [6, 6.07) is 3.39. The van der Waals surface area contributed by atoms with Crippen LogP contribution in [0.3, 0.4) is 0 Å². The van der Waals surface area contributed by atoms with Crippen molar-refractivity contribution in [2.75, 3.05) is 0 Å². The summed E-state index contributed by atoms with van der Waals surface area (Å²) in [6.45, 7) is 0.225. The molecule has 0 bridgehead atoms. The summed E-state index contributed by atoms with van der Waals surface area (Å²) in [5.74, 6) is -1.32. The summed E-state index contributed by atoms with van der Waals surface area (Å²) in [6.07, 6.45) is 3.04. The van der Waals surface area contributed by atoms with Gasteiger partial charge in [-0.1, -0.05) is 0 Å². The van der Waals surface area contributed by atoms with Crippen LogP contribution in [0.25, 0.3) is 0 Å². The number of rotatable bonds is 4. The molecule has 0 aromatic carbocycles. The maximum absolute atomic E-state index is 10.9. The SMILES string of the molecule is O=C([O-])/C=C/C(=O)NCc1ccco1. The fourth-order valence-corrected chi connectivity index (χ4v) is 0.790. The molecule has 0 radical (unpaired) electrons. The Morgan fingerprint density at radius 1 is 1.50 bits per heavy atom. The largest absolute Gasteiger partial charge is 0.545 e. The van der Waals surface area contributed by atoms with Gasteiger partial charge in [0.15, 0.2) is 0 Å². The first-order valence-electron chi connectivity index (χ1n) is 3.88. The van der Waals surface area contributed by atoms with E-state index in [4.69, 9.17) is 4.42 Å². The highest BCUT2D eigenvalue weighted by Gasteiger charge is 1.97. The second-order valence-corrected chi connectivity index (χ2v) is 2.45. The molecule has 1 N–H and O–H groups in total. The van der Waals surface area contributed by atoms with Crippen molar-refractivity contribution in [1.29, 1.82) is 0 Å². The maximum atomic E-state index is 10.9. The second-order valence-electron chi connectivity index (χ2n) is 2.45. The van der Waals surface area contributed by atoms with E-state index in [0.717, 1.165) is 6.08 Å². The van der Waals surface area contributed by atoms with Crippen LogP contribution in [-0.4, -0.2) is 11.9 Å². The van der Waals surface area contributed by atoms with Crippen molar-refractivity contribution in [3.63, 3.8) is 0 Å². The minimum atomic E-state index is -1.40. The van der Waals surface area contributed by atoms with Gasteiger partial charge in [0, 0.05) is 6.08 Å². The van der Waals surface area contributed by atoms with E-state index in [9.17, 15) is 14.7 Å². The summed E-state index contributed by atoms with van der Waals surface area (Å²) in [5.41, 5.74) is 0. The third kappa shape index (κ3) is 3.57. The summed E-state index contributed by atoms with van der Waals surface area (Å²) in [4.78, 5) is 20.9. The molecule has 0 unspecified atom stereocenters. The van der Waals surface area contributed by atoms with E-state index >= 15 is 0 Å². The number of carbonyl (C=O) groups is 2. The van der Waals surface area contributed by atoms with Gasteiger partial charge in [-0.15, -0.1) is 0 Å². The fourth-order valence-electron chi connectivity index (χ4n) is 0.790. The van der Waals surface area contributed by atoms with Gasteiger partial charge in [-0.05, 0) is 18.2 Å². The van der Waals surface area contributed by atoms with Crippen LogP contribution in [0.2, 0.25) is 0 Å². The number of carbonyl (C=O) groups excluding carboxylic acids is 2. The predicted molar refractivity (Wildman–Crippen MR) is 44.7 cm³/mol. The van der Waals surface area contributed by atoms with Crippen molar-refractivity contribution in [2.45, 2.75) is 6.54 Å². The molecule has 0 saturated carbocycles. The average Bonchev–Trinajstić information content (AvgIpc) is 2.63. The van der Waals surface area contributed by atoms with Crippen molar-refractivity contribution in [1.82, 2.24) is 5.32 Å². The molecular weight excluding hydrogens is 186 g/mol. The Labute approximate surface area is 80.0 Å². The Balaban J connectivity index is 2.32. The molecule has 1 rings (SSSR count). The van der Waals surface area contributed by atoms with Crippen molar-refractivity contribution in [3.05, 3.63) is 36.3 Å². The molecule has 1 aromatic heterocycles. The van der Waals surface area contributed by atoms with Gasteiger partial charge in [-0.3, -0.25) is 4.79 Å². The molecule has 0 saturated heterocycles. The first-order chi connectivity index (χ1) is 6.68. The van der Waals surface area contributed by atoms with Crippen molar-refractivity contribution in [3.8, 4) is 0 Å².